The van der Waals surface area contributed by atoms with E-state index in [0.717, 1.165) is 32.5 Å². The standard InChI is InChI=1S/C12H21N5O/c1-9(2)4-6-17-8-11(15-16-17)12(18)14-10-3-5-13-7-10/h8-10,13H,3-7H2,1-2H3,(H,14,18). The van der Waals surface area contributed by atoms with E-state index in [2.05, 4.69) is 34.8 Å². The average Bonchev–Trinajstić information content (AvgIpc) is 2.96. The number of aromatic nitrogens is 3. The number of nitrogens with one attached hydrogen (secondary N) is 2. The van der Waals surface area contributed by atoms with Gasteiger partial charge in [-0.05, 0) is 25.3 Å². The summed E-state index contributed by atoms with van der Waals surface area (Å²) < 4.78 is 1.74. The molecule has 1 amide bonds. The van der Waals surface area contributed by atoms with E-state index in [0.29, 0.717) is 11.6 Å². The largest absolute Gasteiger partial charge is 0.347 e. The zero-order valence-electron chi connectivity index (χ0n) is 11.0. The summed E-state index contributed by atoms with van der Waals surface area (Å²) >= 11 is 0. The lowest BCUT2D eigenvalue weighted by Crippen LogP contribution is -2.36. The molecule has 2 N–H and O–H groups in total. The lowest BCUT2D eigenvalue weighted by Gasteiger charge is -2.08. The van der Waals surface area contributed by atoms with E-state index in [9.17, 15) is 4.79 Å². The summed E-state index contributed by atoms with van der Waals surface area (Å²) in [5.41, 5.74) is 0.408. The van der Waals surface area contributed by atoms with Crippen molar-refractivity contribution in [3.05, 3.63) is 11.9 Å². The van der Waals surface area contributed by atoms with Crippen LogP contribution in [-0.2, 0) is 6.54 Å². The highest BCUT2D eigenvalue weighted by Crippen LogP contribution is 2.03. The molecular formula is C12H21N5O. The maximum absolute atomic E-state index is 11.9. The molecule has 1 atom stereocenters. The molecule has 1 aliphatic rings. The van der Waals surface area contributed by atoms with Crippen molar-refractivity contribution in [3.8, 4) is 0 Å². The molecule has 100 valence electrons. The molecule has 1 unspecified atom stereocenters. The molecule has 0 aromatic carbocycles. The number of aryl methyl sites for hydroxylation is 1. The third-order valence-corrected chi connectivity index (χ3v) is 3.10. The van der Waals surface area contributed by atoms with Crippen LogP contribution in [0.4, 0.5) is 0 Å². The van der Waals surface area contributed by atoms with E-state index in [1.807, 2.05) is 0 Å². The highest BCUT2D eigenvalue weighted by Gasteiger charge is 2.19. The Kier molecular flexibility index (Phi) is 4.30. The number of rotatable bonds is 5. The normalized spacial score (nSPS) is 19.4. The second-order valence-electron chi connectivity index (χ2n) is 5.21. The van der Waals surface area contributed by atoms with E-state index in [-0.39, 0.29) is 11.9 Å². The third-order valence-electron chi connectivity index (χ3n) is 3.10. The third kappa shape index (κ3) is 3.53. The van der Waals surface area contributed by atoms with Gasteiger partial charge < -0.3 is 10.6 Å². The van der Waals surface area contributed by atoms with Crippen LogP contribution in [0.2, 0.25) is 0 Å². The second-order valence-corrected chi connectivity index (χ2v) is 5.21. The number of amides is 1. The lowest BCUT2D eigenvalue weighted by atomic mass is 10.1. The summed E-state index contributed by atoms with van der Waals surface area (Å²) in [5.74, 6) is 0.496. The van der Waals surface area contributed by atoms with Gasteiger partial charge in [-0.1, -0.05) is 19.1 Å². The lowest BCUT2D eigenvalue weighted by molar-refractivity contribution is 0.0935. The van der Waals surface area contributed by atoms with Crippen molar-refractivity contribution in [2.24, 2.45) is 5.92 Å². The Morgan fingerprint density at radius 2 is 2.50 bits per heavy atom. The molecule has 6 nitrogen and oxygen atoms in total. The SMILES string of the molecule is CC(C)CCn1cc(C(=O)NC2CCNC2)nn1. The van der Waals surface area contributed by atoms with Crippen molar-refractivity contribution in [3.63, 3.8) is 0 Å². The highest BCUT2D eigenvalue weighted by molar-refractivity contribution is 5.92. The second kappa shape index (κ2) is 5.95. The molecule has 1 fully saturated rings. The minimum atomic E-state index is -0.125. The summed E-state index contributed by atoms with van der Waals surface area (Å²) in [6.07, 6.45) is 3.74. The minimum absolute atomic E-state index is 0.125. The monoisotopic (exact) mass is 251 g/mol. The van der Waals surface area contributed by atoms with E-state index in [1.54, 1.807) is 10.9 Å². The van der Waals surface area contributed by atoms with Crippen molar-refractivity contribution in [1.82, 2.24) is 25.6 Å². The van der Waals surface area contributed by atoms with Crippen molar-refractivity contribution >= 4 is 5.91 Å². The van der Waals surface area contributed by atoms with Gasteiger partial charge >= 0.3 is 0 Å². The predicted octanol–water partition coefficient (Wildman–Crippen LogP) is 0.416. The molecule has 1 aromatic heterocycles. The summed E-state index contributed by atoms with van der Waals surface area (Å²) in [7, 11) is 0. The van der Waals surface area contributed by atoms with Gasteiger partial charge in [-0.15, -0.1) is 5.10 Å². The Morgan fingerprint density at radius 1 is 1.67 bits per heavy atom. The highest BCUT2D eigenvalue weighted by atomic mass is 16.2. The van der Waals surface area contributed by atoms with Crippen LogP contribution in [0.25, 0.3) is 0 Å². The van der Waals surface area contributed by atoms with Gasteiger partial charge in [0.25, 0.3) is 5.91 Å². The molecule has 0 bridgehead atoms. The molecule has 1 saturated heterocycles. The minimum Gasteiger partial charge on any atom is -0.347 e. The van der Waals surface area contributed by atoms with E-state index < -0.39 is 0 Å². The van der Waals surface area contributed by atoms with Gasteiger partial charge in [0.15, 0.2) is 5.69 Å². The topological polar surface area (TPSA) is 71.8 Å². The van der Waals surface area contributed by atoms with Crippen LogP contribution in [0.3, 0.4) is 0 Å². The molecule has 0 saturated carbocycles. The van der Waals surface area contributed by atoms with Gasteiger partial charge in [0.05, 0.1) is 6.20 Å². The number of hydrogen-bond acceptors (Lipinski definition) is 4. The van der Waals surface area contributed by atoms with Crippen LogP contribution in [0.1, 0.15) is 37.2 Å². The first kappa shape index (κ1) is 13.0. The summed E-state index contributed by atoms with van der Waals surface area (Å²) in [4.78, 5) is 11.9. The Labute approximate surface area is 107 Å². The number of hydrogen-bond donors (Lipinski definition) is 2. The molecule has 1 aromatic rings. The van der Waals surface area contributed by atoms with Crippen LogP contribution < -0.4 is 10.6 Å². The number of nitrogens with zero attached hydrogens (tertiary/aromatic N) is 3. The van der Waals surface area contributed by atoms with Gasteiger partial charge in [0, 0.05) is 19.1 Å². The van der Waals surface area contributed by atoms with Gasteiger partial charge in [0.1, 0.15) is 0 Å². The summed E-state index contributed by atoms with van der Waals surface area (Å²) in [6.45, 7) is 6.94. The molecule has 0 aliphatic carbocycles. The van der Waals surface area contributed by atoms with Gasteiger partial charge in [0.2, 0.25) is 0 Å². The van der Waals surface area contributed by atoms with Crippen LogP contribution in [0.5, 0.6) is 0 Å². The number of carbonyl (C=O) groups is 1. The van der Waals surface area contributed by atoms with Crippen LogP contribution in [0, 0.1) is 5.92 Å². The molecule has 0 spiro atoms. The Morgan fingerprint density at radius 3 is 3.17 bits per heavy atom. The molecule has 6 heteroatoms. The van der Waals surface area contributed by atoms with Gasteiger partial charge in [-0.3, -0.25) is 9.48 Å². The predicted molar refractivity (Wildman–Crippen MR) is 68.2 cm³/mol. The first-order chi connectivity index (χ1) is 8.65. The zero-order chi connectivity index (χ0) is 13.0. The van der Waals surface area contributed by atoms with Crippen LogP contribution >= 0.6 is 0 Å². The number of carbonyl (C=O) groups excluding carboxylic acids is 1. The van der Waals surface area contributed by atoms with Gasteiger partial charge in [-0.25, -0.2) is 0 Å². The average molecular weight is 251 g/mol. The molecule has 18 heavy (non-hydrogen) atoms. The van der Waals surface area contributed by atoms with Crippen LogP contribution in [0.15, 0.2) is 6.20 Å². The fourth-order valence-electron chi connectivity index (χ4n) is 1.94. The Balaban J connectivity index is 1.86. The molecule has 2 heterocycles. The quantitative estimate of drug-likeness (QED) is 0.795. The zero-order valence-corrected chi connectivity index (χ0v) is 11.0. The van der Waals surface area contributed by atoms with Crippen molar-refractivity contribution < 1.29 is 4.79 Å². The first-order valence-electron chi connectivity index (χ1n) is 6.57. The Bertz CT molecular complexity index is 395. The van der Waals surface area contributed by atoms with Crippen molar-refractivity contribution in [1.29, 1.82) is 0 Å². The smallest absolute Gasteiger partial charge is 0.273 e. The molecule has 2 rings (SSSR count). The van der Waals surface area contributed by atoms with Crippen molar-refractivity contribution in [2.75, 3.05) is 13.1 Å². The van der Waals surface area contributed by atoms with Gasteiger partial charge in [-0.2, -0.15) is 0 Å². The summed E-state index contributed by atoms with van der Waals surface area (Å²) in [5, 5.41) is 14.1. The van der Waals surface area contributed by atoms with E-state index in [1.165, 1.54) is 0 Å². The fourth-order valence-corrected chi connectivity index (χ4v) is 1.94. The maximum atomic E-state index is 11.9. The maximum Gasteiger partial charge on any atom is 0.273 e. The van der Waals surface area contributed by atoms with Crippen LogP contribution in [-0.4, -0.2) is 40.0 Å². The fraction of sp³-hybridized carbons (Fsp3) is 0.750. The molecular weight excluding hydrogens is 230 g/mol. The molecule has 0 radical (unpaired) electrons. The molecule has 1 aliphatic heterocycles. The van der Waals surface area contributed by atoms with Crippen molar-refractivity contribution in [2.45, 2.75) is 39.3 Å². The summed E-state index contributed by atoms with van der Waals surface area (Å²) in [6, 6.07) is 0.221. The van der Waals surface area contributed by atoms with E-state index >= 15 is 0 Å². The Hall–Kier alpha value is -1.43. The first-order valence-corrected chi connectivity index (χ1v) is 6.57. The van der Waals surface area contributed by atoms with E-state index in [4.69, 9.17) is 0 Å².